The molecule has 0 aromatic heterocycles. The molecule has 0 N–H and O–H groups in total. The van der Waals surface area contributed by atoms with E-state index in [1.165, 1.54) is 27.8 Å². The van der Waals surface area contributed by atoms with Gasteiger partial charge >= 0.3 is 0 Å². The molecular formula is C18H19NOS. The van der Waals surface area contributed by atoms with Gasteiger partial charge in [0.1, 0.15) is 0 Å². The zero-order valence-corrected chi connectivity index (χ0v) is 13.2. The molecule has 0 unspecified atom stereocenters. The number of hydrogen-bond donors (Lipinski definition) is 0. The molecule has 0 saturated heterocycles. The van der Waals surface area contributed by atoms with Crippen molar-refractivity contribution >= 4 is 17.7 Å². The molecule has 0 spiro atoms. The number of fused-ring (bicyclic) bond motifs is 3. The lowest BCUT2D eigenvalue weighted by atomic mass is 10.0. The zero-order valence-electron chi connectivity index (χ0n) is 12.4. The van der Waals surface area contributed by atoms with E-state index in [-0.39, 0.29) is 5.91 Å². The van der Waals surface area contributed by atoms with Gasteiger partial charge in [0.25, 0.3) is 0 Å². The van der Waals surface area contributed by atoms with E-state index in [0.717, 1.165) is 12.2 Å². The number of rotatable bonds is 4. The topological polar surface area (TPSA) is 20.3 Å². The highest BCUT2D eigenvalue weighted by Crippen LogP contribution is 2.37. The van der Waals surface area contributed by atoms with Gasteiger partial charge in [0.15, 0.2) is 0 Å². The van der Waals surface area contributed by atoms with Crippen molar-refractivity contribution in [2.24, 2.45) is 0 Å². The predicted molar refractivity (Wildman–Crippen MR) is 89.5 cm³/mol. The lowest BCUT2D eigenvalue weighted by Gasteiger charge is -2.10. The fourth-order valence-corrected chi connectivity index (χ4v) is 3.62. The molecular weight excluding hydrogens is 278 g/mol. The van der Waals surface area contributed by atoms with Crippen LogP contribution < -0.4 is 0 Å². The molecule has 1 aliphatic carbocycles. The minimum absolute atomic E-state index is 0.175. The summed E-state index contributed by atoms with van der Waals surface area (Å²) < 4.78 is 0. The Bertz CT molecular complexity index is 679. The van der Waals surface area contributed by atoms with Crippen LogP contribution >= 0.6 is 11.8 Å². The van der Waals surface area contributed by atoms with Crippen molar-refractivity contribution in [3.8, 4) is 11.1 Å². The summed E-state index contributed by atoms with van der Waals surface area (Å²) in [6.45, 7) is 0. The molecule has 0 bridgehead atoms. The van der Waals surface area contributed by atoms with Crippen LogP contribution in [0.4, 0.5) is 0 Å². The Morgan fingerprint density at radius 1 is 1.10 bits per heavy atom. The van der Waals surface area contributed by atoms with Crippen molar-refractivity contribution in [3.63, 3.8) is 0 Å². The van der Waals surface area contributed by atoms with Gasteiger partial charge in [-0.25, -0.2) is 0 Å². The van der Waals surface area contributed by atoms with Crippen molar-refractivity contribution in [1.82, 2.24) is 4.90 Å². The van der Waals surface area contributed by atoms with Crippen LogP contribution in [0.25, 0.3) is 11.1 Å². The second-order valence-electron chi connectivity index (χ2n) is 5.61. The molecule has 1 amide bonds. The van der Waals surface area contributed by atoms with Gasteiger partial charge in [-0.3, -0.25) is 4.79 Å². The molecule has 0 heterocycles. The molecule has 3 rings (SSSR count). The first kappa shape index (κ1) is 14.2. The Morgan fingerprint density at radius 2 is 1.86 bits per heavy atom. The van der Waals surface area contributed by atoms with Crippen molar-refractivity contribution in [2.45, 2.75) is 12.2 Å². The average molecular weight is 297 g/mol. The molecule has 108 valence electrons. The molecule has 2 nitrogen and oxygen atoms in total. The van der Waals surface area contributed by atoms with Crippen molar-refractivity contribution in [2.75, 3.05) is 19.8 Å². The van der Waals surface area contributed by atoms with Crippen LogP contribution in [0, 0.1) is 0 Å². The first-order chi connectivity index (χ1) is 10.1. The molecule has 0 atom stereocenters. The third-order valence-electron chi connectivity index (χ3n) is 3.85. The average Bonchev–Trinajstić information content (AvgIpc) is 2.84. The Kier molecular flexibility index (Phi) is 4.02. The highest BCUT2D eigenvalue weighted by atomic mass is 32.2. The summed E-state index contributed by atoms with van der Waals surface area (Å²) in [5.74, 6) is 1.61. The number of amides is 1. The van der Waals surface area contributed by atoms with Crippen molar-refractivity contribution < 1.29 is 4.79 Å². The predicted octanol–water partition coefficient (Wildman–Crippen LogP) is 3.58. The maximum absolute atomic E-state index is 11.6. The minimum atomic E-state index is 0.175. The van der Waals surface area contributed by atoms with E-state index < -0.39 is 0 Å². The fraction of sp³-hybridized carbons (Fsp3) is 0.278. The summed E-state index contributed by atoms with van der Waals surface area (Å²) in [5, 5.41) is 0. The van der Waals surface area contributed by atoms with Gasteiger partial charge in [0, 0.05) is 19.8 Å². The van der Waals surface area contributed by atoms with Crippen LogP contribution in [0.1, 0.15) is 16.7 Å². The molecule has 0 radical (unpaired) electrons. The summed E-state index contributed by atoms with van der Waals surface area (Å²) >= 11 is 1.68. The fourth-order valence-electron chi connectivity index (χ4n) is 2.67. The number of nitrogens with zero attached hydrogens (tertiary/aromatic N) is 1. The molecule has 1 aliphatic rings. The Hall–Kier alpha value is -1.74. The number of hydrogen-bond acceptors (Lipinski definition) is 2. The summed E-state index contributed by atoms with van der Waals surface area (Å²) in [7, 11) is 3.60. The number of carbonyl (C=O) groups is 1. The summed E-state index contributed by atoms with van der Waals surface area (Å²) in [6, 6.07) is 15.3. The molecule has 2 aromatic rings. The lowest BCUT2D eigenvalue weighted by Crippen LogP contribution is -2.23. The van der Waals surface area contributed by atoms with Gasteiger partial charge in [-0.1, -0.05) is 42.5 Å². The van der Waals surface area contributed by atoms with Crippen LogP contribution in [-0.4, -0.2) is 30.7 Å². The largest absolute Gasteiger partial charge is 0.348 e. The van der Waals surface area contributed by atoms with Gasteiger partial charge in [-0.15, -0.1) is 11.8 Å². The second-order valence-corrected chi connectivity index (χ2v) is 6.59. The Morgan fingerprint density at radius 3 is 2.67 bits per heavy atom. The molecule has 0 fully saturated rings. The third-order valence-corrected chi connectivity index (χ3v) is 4.84. The molecule has 0 saturated carbocycles. The van der Waals surface area contributed by atoms with Gasteiger partial charge in [0.05, 0.1) is 5.75 Å². The third kappa shape index (κ3) is 2.98. The van der Waals surface area contributed by atoms with Gasteiger partial charge in [-0.2, -0.15) is 0 Å². The number of thioether (sulfide) groups is 1. The smallest absolute Gasteiger partial charge is 0.232 e. The maximum atomic E-state index is 11.6. The molecule has 0 aliphatic heterocycles. The highest BCUT2D eigenvalue weighted by Gasteiger charge is 2.17. The van der Waals surface area contributed by atoms with E-state index in [2.05, 4.69) is 42.5 Å². The minimum Gasteiger partial charge on any atom is -0.348 e. The highest BCUT2D eigenvalue weighted by molar-refractivity contribution is 7.99. The van der Waals surface area contributed by atoms with Crippen LogP contribution in [0.5, 0.6) is 0 Å². The van der Waals surface area contributed by atoms with E-state index in [4.69, 9.17) is 0 Å². The first-order valence-corrected chi connectivity index (χ1v) is 8.28. The Labute approximate surface area is 130 Å². The molecule has 2 aromatic carbocycles. The quantitative estimate of drug-likeness (QED) is 0.733. The van der Waals surface area contributed by atoms with E-state index in [1.54, 1.807) is 30.8 Å². The van der Waals surface area contributed by atoms with Crippen LogP contribution in [-0.2, 0) is 17.0 Å². The van der Waals surface area contributed by atoms with E-state index >= 15 is 0 Å². The lowest BCUT2D eigenvalue weighted by molar-refractivity contribution is -0.125. The summed E-state index contributed by atoms with van der Waals surface area (Å²) in [5.41, 5.74) is 6.87. The SMILES string of the molecule is CN(C)C(=O)CSCc1ccc2c(c1)Cc1ccccc1-2. The van der Waals surface area contributed by atoms with Gasteiger partial charge in [-0.05, 0) is 34.2 Å². The normalized spacial score (nSPS) is 11.9. The zero-order chi connectivity index (χ0) is 14.8. The van der Waals surface area contributed by atoms with Gasteiger partial charge in [0.2, 0.25) is 5.91 Å². The van der Waals surface area contributed by atoms with Crippen molar-refractivity contribution in [1.29, 1.82) is 0 Å². The summed E-state index contributed by atoms with van der Waals surface area (Å²) in [4.78, 5) is 13.2. The summed E-state index contributed by atoms with van der Waals surface area (Å²) in [6.07, 6.45) is 1.03. The molecule has 21 heavy (non-hydrogen) atoms. The van der Waals surface area contributed by atoms with E-state index in [1.807, 2.05) is 0 Å². The van der Waals surface area contributed by atoms with Crippen LogP contribution in [0.3, 0.4) is 0 Å². The maximum Gasteiger partial charge on any atom is 0.232 e. The standard InChI is InChI=1S/C18H19NOS/c1-19(2)18(20)12-21-11-13-7-8-17-15(9-13)10-14-5-3-4-6-16(14)17/h3-9H,10-12H2,1-2H3. The number of carbonyl (C=O) groups excluding carboxylic acids is 1. The monoisotopic (exact) mass is 297 g/mol. The first-order valence-electron chi connectivity index (χ1n) is 7.13. The van der Waals surface area contributed by atoms with Crippen LogP contribution in [0.15, 0.2) is 42.5 Å². The van der Waals surface area contributed by atoms with Crippen molar-refractivity contribution in [3.05, 3.63) is 59.2 Å². The second kappa shape index (κ2) is 5.94. The van der Waals surface area contributed by atoms with E-state index in [0.29, 0.717) is 5.75 Å². The van der Waals surface area contributed by atoms with Crippen LogP contribution in [0.2, 0.25) is 0 Å². The van der Waals surface area contributed by atoms with E-state index in [9.17, 15) is 4.79 Å². The van der Waals surface area contributed by atoms with Gasteiger partial charge < -0.3 is 4.90 Å². The number of benzene rings is 2. The Balaban J connectivity index is 1.68. The molecule has 3 heteroatoms.